The molecule has 1 rings (SSSR count). The molecule has 0 fully saturated rings. The Hall–Kier alpha value is -0.830. The maximum atomic E-state index is 11.5. The number of rotatable bonds is 5. The standard InChI is InChI=1S/C13H18BrNO/c1-10-4-3-5-12(8-10)6-7-13(16)15-9-11(2)14/h3-5,8,11H,6-7,9H2,1-2H3,(H,15,16). The highest BCUT2D eigenvalue weighted by Gasteiger charge is 2.03. The van der Waals surface area contributed by atoms with E-state index in [9.17, 15) is 4.79 Å². The number of nitrogens with one attached hydrogen (secondary N) is 1. The van der Waals surface area contributed by atoms with Crippen LogP contribution in [0.4, 0.5) is 0 Å². The lowest BCUT2D eigenvalue weighted by atomic mass is 10.1. The zero-order valence-electron chi connectivity index (χ0n) is 9.79. The fourth-order valence-electron chi connectivity index (χ4n) is 1.47. The van der Waals surface area contributed by atoms with Crippen molar-refractivity contribution in [2.24, 2.45) is 0 Å². The van der Waals surface area contributed by atoms with Gasteiger partial charge in [0, 0.05) is 17.8 Å². The van der Waals surface area contributed by atoms with Crippen molar-refractivity contribution in [3.8, 4) is 0 Å². The minimum atomic E-state index is 0.118. The molecule has 0 aliphatic heterocycles. The summed E-state index contributed by atoms with van der Waals surface area (Å²) >= 11 is 3.39. The molecule has 0 bridgehead atoms. The number of halogens is 1. The Kier molecular flexibility index (Phi) is 5.53. The molecule has 88 valence electrons. The molecule has 2 nitrogen and oxygen atoms in total. The lowest BCUT2D eigenvalue weighted by Gasteiger charge is -2.06. The third-order valence-electron chi connectivity index (χ3n) is 2.30. The van der Waals surface area contributed by atoms with Crippen LogP contribution < -0.4 is 5.32 Å². The predicted octanol–water partition coefficient (Wildman–Crippen LogP) is 2.83. The van der Waals surface area contributed by atoms with Crippen LogP contribution in [0.3, 0.4) is 0 Å². The first-order chi connectivity index (χ1) is 7.58. The Morgan fingerprint density at radius 1 is 1.50 bits per heavy atom. The highest BCUT2D eigenvalue weighted by molar-refractivity contribution is 9.09. The Morgan fingerprint density at radius 2 is 2.25 bits per heavy atom. The number of carbonyl (C=O) groups excluding carboxylic acids is 1. The molecule has 0 saturated carbocycles. The first kappa shape index (κ1) is 13.2. The molecule has 0 radical (unpaired) electrons. The fraction of sp³-hybridized carbons (Fsp3) is 0.462. The van der Waals surface area contributed by atoms with Crippen molar-refractivity contribution < 1.29 is 4.79 Å². The largest absolute Gasteiger partial charge is 0.355 e. The van der Waals surface area contributed by atoms with Gasteiger partial charge in [0.2, 0.25) is 5.91 Å². The quantitative estimate of drug-likeness (QED) is 0.828. The van der Waals surface area contributed by atoms with Gasteiger partial charge in [-0.25, -0.2) is 0 Å². The second-order valence-electron chi connectivity index (χ2n) is 4.07. The van der Waals surface area contributed by atoms with Crippen LogP contribution in [0.25, 0.3) is 0 Å². The van der Waals surface area contributed by atoms with E-state index in [0.717, 1.165) is 6.42 Å². The summed E-state index contributed by atoms with van der Waals surface area (Å²) in [5.74, 6) is 0.118. The molecule has 1 aromatic rings. The summed E-state index contributed by atoms with van der Waals surface area (Å²) in [6.45, 7) is 4.77. The number of amides is 1. The van der Waals surface area contributed by atoms with E-state index in [0.29, 0.717) is 17.8 Å². The predicted molar refractivity (Wildman–Crippen MR) is 70.9 cm³/mol. The summed E-state index contributed by atoms with van der Waals surface area (Å²) in [4.78, 5) is 11.8. The molecule has 0 saturated heterocycles. The lowest BCUT2D eigenvalue weighted by Crippen LogP contribution is -2.28. The zero-order chi connectivity index (χ0) is 12.0. The first-order valence-electron chi connectivity index (χ1n) is 5.54. The average Bonchev–Trinajstić information content (AvgIpc) is 2.23. The molecule has 1 amide bonds. The molecule has 0 aliphatic rings. The van der Waals surface area contributed by atoms with E-state index < -0.39 is 0 Å². The summed E-state index contributed by atoms with van der Waals surface area (Å²) in [5, 5.41) is 2.88. The van der Waals surface area contributed by atoms with E-state index in [4.69, 9.17) is 0 Å². The number of carbonyl (C=O) groups is 1. The second kappa shape index (κ2) is 6.69. The Bertz CT molecular complexity index is 350. The Morgan fingerprint density at radius 3 is 2.88 bits per heavy atom. The van der Waals surface area contributed by atoms with E-state index in [1.807, 2.05) is 13.0 Å². The van der Waals surface area contributed by atoms with Crippen LogP contribution in [0.15, 0.2) is 24.3 Å². The van der Waals surface area contributed by atoms with E-state index >= 15 is 0 Å². The minimum absolute atomic E-state index is 0.118. The molecule has 0 aliphatic carbocycles. The molecule has 0 heterocycles. The molecule has 16 heavy (non-hydrogen) atoms. The van der Waals surface area contributed by atoms with Gasteiger partial charge in [0.05, 0.1) is 0 Å². The van der Waals surface area contributed by atoms with Gasteiger partial charge in [-0.1, -0.05) is 52.7 Å². The van der Waals surface area contributed by atoms with Gasteiger partial charge >= 0.3 is 0 Å². The SMILES string of the molecule is Cc1cccc(CCC(=O)NCC(C)Br)c1. The Labute approximate surface area is 106 Å². The van der Waals surface area contributed by atoms with Gasteiger partial charge in [-0.3, -0.25) is 4.79 Å². The molecule has 0 spiro atoms. The van der Waals surface area contributed by atoms with Gasteiger partial charge in [0.15, 0.2) is 0 Å². The molecule has 3 heteroatoms. The molecule has 1 N–H and O–H groups in total. The molecular formula is C13H18BrNO. The fourth-order valence-corrected chi connectivity index (χ4v) is 1.63. The third-order valence-corrected chi connectivity index (χ3v) is 2.63. The highest BCUT2D eigenvalue weighted by atomic mass is 79.9. The lowest BCUT2D eigenvalue weighted by molar-refractivity contribution is -0.121. The van der Waals surface area contributed by atoms with Crippen LogP contribution in [0, 0.1) is 6.92 Å². The van der Waals surface area contributed by atoms with Gasteiger partial charge in [-0.05, 0) is 18.9 Å². The summed E-state index contributed by atoms with van der Waals surface area (Å²) in [6, 6.07) is 8.28. The average molecular weight is 284 g/mol. The highest BCUT2D eigenvalue weighted by Crippen LogP contribution is 2.06. The zero-order valence-corrected chi connectivity index (χ0v) is 11.4. The number of aryl methyl sites for hydroxylation is 2. The third kappa shape index (κ3) is 5.31. The van der Waals surface area contributed by atoms with Crippen molar-refractivity contribution in [2.45, 2.75) is 31.5 Å². The van der Waals surface area contributed by atoms with Crippen LogP contribution in [0.5, 0.6) is 0 Å². The van der Waals surface area contributed by atoms with Crippen molar-refractivity contribution in [3.05, 3.63) is 35.4 Å². The normalized spacial score (nSPS) is 12.2. The van der Waals surface area contributed by atoms with Crippen LogP contribution >= 0.6 is 15.9 Å². The molecular weight excluding hydrogens is 266 g/mol. The summed E-state index contributed by atoms with van der Waals surface area (Å²) in [7, 11) is 0. The molecule has 1 aromatic carbocycles. The van der Waals surface area contributed by atoms with Gasteiger partial charge in [0.1, 0.15) is 0 Å². The summed E-state index contributed by atoms with van der Waals surface area (Å²) < 4.78 is 0. The minimum Gasteiger partial charge on any atom is -0.355 e. The van der Waals surface area contributed by atoms with Gasteiger partial charge in [0.25, 0.3) is 0 Å². The van der Waals surface area contributed by atoms with Gasteiger partial charge < -0.3 is 5.32 Å². The second-order valence-corrected chi connectivity index (χ2v) is 5.64. The van der Waals surface area contributed by atoms with E-state index in [1.54, 1.807) is 0 Å². The first-order valence-corrected chi connectivity index (χ1v) is 6.46. The van der Waals surface area contributed by atoms with Crippen molar-refractivity contribution in [1.82, 2.24) is 5.32 Å². The van der Waals surface area contributed by atoms with Crippen molar-refractivity contribution in [1.29, 1.82) is 0 Å². The maximum Gasteiger partial charge on any atom is 0.220 e. The molecule has 1 unspecified atom stereocenters. The Balaban J connectivity index is 2.31. The monoisotopic (exact) mass is 283 g/mol. The number of hydrogen-bond acceptors (Lipinski definition) is 1. The van der Waals surface area contributed by atoms with E-state index in [-0.39, 0.29) is 5.91 Å². The van der Waals surface area contributed by atoms with E-state index in [1.165, 1.54) is 11.1 Å². The van der Waals surface area contributed by atoms with Crippen molar-refractivity contribution >= 4 is 21.8 Å². The number of benzene rings is 1. The van der Waals surface area contributed by atoms with Gasteiger partial charge in [-0.15, -0.1) is 0 Å². The molecule has 0 aromatic heterocycles. The van der Waals surface area contributed by atoms with Crippen molar-refractivity contribution in [3.63, 3.8) is 0 Å². The van der Waals surface area contributed by atoms with Crippen LogP contribution in [-0.2, 0) is 11.2 Å². The van der Waals surface area contributed by atoms with Gasteiger partial charge in [-0.2, -0.15) is 0 Å². The topological polar surface area (TPSA) is 29.1 Å². The smallest absolute Gasteiger partial charge is 0.220 e. The van der Waals surface area contributed by atoms with Crippen LogP contribution in [0.2, 0.25) is 0 Å². The number of alkyl halides is 1. The maximum absolute atomic E-state index is 11.5. The summed E-state index contributed by atoms with van der Waals surface area (Å²) in [5.41, 5.74) is 2.47. The summed E-state index contributed by atoms with van der Waals surface area (Å²) in [6.07, 6.45) is 1.37. The van der Waals surface area contributed by atoms with Crippen molar-refractivity contribution in [2.75, 3.05) is 6.54 Å². The molecule has 1 atom stereocenters. The van der Waals surface area contributed by atoms with Crippen LogP contribution in [0.1, 0.15) is 24.5 Å². The van der Waals surface area contributed by atoms with E-state index in [2.05, 4.69) is 46.4 Å². The van der Waals surface area contributed by atoms with Crippen LogP contribution in [-0.4, -0.2) is 17.3 Å². The number of hydrogen-bond donors (Lipinski definition) is 1.